The van der Waals surface area contributed by atoms with E-state index in [2.05, 4.69) is 10.3 Å². The molecule has 2 heterocycles. The highest BCUT2D eigenvalue weighted by Crippen LogP contribution is 2.37. The molecular weight excluding hydrogens is 385 g/mol. The number of aromatic nitrogens is 1. The molecule has 4 N–H and O–H groups in total. The van der Waals surface area contributed by atoms with Crippen molar-refractivity contribution in [2.45, 2.75) is 31.7 Å². The molecule has 1 aliphatic heterocycles. The number of halogens is 1. The Kier molecular flexibility index (Phi) is 5.90. The fourth-order valence-electron chi connectivity index (χ4n) is 4.11. The summed E-state index contributed by atoms with van der Waals surface area (Å²) in [7, 11) is 1.60. The van der Waals surface area contributed by atoms with Crippen LogP contribution in [0.1, 0.15) is 23.1 Å². The topological polar surface area (TPSA) is 89.4 Å². The summed E-state index contributed by atoms with van der Waals surface area (Å²) in [5.74, 6) is 0.785. The maximum atomic E-state index is 13.5. The number of aryl methyl sites for hydroxylation is 1. The van der Waals surface area contributed by atoms with Gasteiger partial charge >= 0.3 is 0 Å². The van der Waals surface area contributed by atoms with Crippen molar-refractivity contribution < 1.29 is 18.7 Å². The van der Waals surface area contributed by atoms with Crippen LogP contribution in [0.3, 0.4) is 0 Å². The highest BCUT2D eigenvalue weighted by Gasteiger charge is 2.25. The Hall–Kier alpha value is -3.06. The van der Waals surface area contributed by atoms with Crippen LogP contribution in [0.4, 0.5) is 4.39 Å². The number of nitrogens with one attached hydrogen (secondary N) is 2. The number of amides is 1. The fourth-order valence-corrected chi connectivity index (χ4v) is 4.11. The number of primary amides is 1. The van der Waals surface area contributed by atoms with Gasteiger partial charge in [0.05, 0.1) is 13.5 Å². The molecule has 0 spiro atoms. The van der Waals surface area contributed by atoms with Gasteiger partial charge in [-0.1, -0.05) is 6.07 Å². The minimum atomic E-state index is -0.368. The van der Waals surface area contributed by atoms with Crippen LogP contribution in [0.25, 0.3) is 10.9 Å². The smallest absolute Gasteiger partial charge is 0.221 e. The molecule has 7 heteroatoms. The summed E-state index contributed by atoms with van der Waals surface area (Å²) in [5, 5.41) is 4.47. The molecule has 1 aromatic heterocycles. The van der Waals surface area contributed by atoms with E-state index in [1.54, 1.807) is 19.2 Å². The zero-order valence-electron chi connectivity index (χ0n) is 17.0. The van der Waals surface area contributed by atoms with Crippen molar-refractivity contribution in [1.29, 1.82) is 0 Å². The number of methoxy groups -OCH3 is 1. The summed E-state index contributed by atoms with van der Waals surface area (Å²) in [4.78, 5) is 14.6. The number of rotatable bonds is 8. The Morgan fingerprint density at radius 3 is 3.00 bits per heavy atom. The van der Waals surface area contributed by atoms with Gasteiger partial charge in [0.15, 0.2) is 11.5 Å². The first kappa shape index (κ1) is 20.2. The lowest BCUT2D eigenvalue weighted by molar-refractivity contribution is -0.117. The third kappa shape index (κ3) is 4.26. The highest BCUT2D eigenvalue weighted by molar-refractivity contribution is 5.83. The maximum absolute atomic E-state index is 13.5. The van der Waals surface area contributed by atoms with E-state index in [1.807, 2.05) is 18.3 Å². The number of aromatic amines is 1. The molecule has 0 unspecified atom stereocenters. The van der Waals surface area contributed by atoms with Crippen LogP contribution in [-0.4, -0.2) is 37.2 Å². The van der Waals surface area contributed by atoms with Crippen molar-refractivity contribution >= 4 is 16.8 Å². The lowest BCUT2D eigenvalue weighted by Gasteiger charge is -2.29. The van der Waals surface area contributed by atoms with Gasteiger partial charge in [0.1, 0.15) is 12.4 Å². The molecule has 0 saturated carbocycles. The van der Waals surface area contributed by atoms with Crippen LogP contribution in [-0.2, 0) is 24.1 Å². The molecule has 1 aliphatic rings. The molecule has 4 rings (SSSR count). The Morgan fingerprint density at radius 2 is 2.20 bits per heavy atom. The fraction of sp³-hybridized carbons (Fsp3) is 0.348. The normalized spacial score (nSPS) is 15.6. The van der Waals surface area contributed by atoms with Crippen molar-refractivity contribution in [1.82, 2.24) is 10.3 Å². The molecule has 158 valence electrons. The Balaban J connectivity index is 1.37. The average molecular weight is 411 g/mol. The van der Waals surface area contributed by atoms with Crippen molar-refractivity contribution in [3.8, 4) is 11.5 Å². The number of fused-ring (bicyclic) bond motifs is 2. The lowest BCUT2D eigenvalue weighted by atomic mass is 9.94. The zero-order valence-corrected chi connectivity index (χ0v) is 17.0. The van der Waals surface area contributed by atoms with Gasteiger partial charge in [0.25, 0.3) is 0 Å². The molecule has 0 bridgehead atoms. The van der Waals surface area contributed by atoms with Crippen LogP contribution < -0.4 is 20.5 Å². The third-order valence-corrected chi connectivity index (χ3v) is 5.57. The summed E-state index contributed by atoms with van der Waals surface area (Å²) in [6.45, 7) is 1.34. The molecule has 1 amide bonds. The monoisotopic (exact) mass is 411 g/mol. The number of H-pyrrole nitrogens is 1. The average Bonchev–Trinajstić information content (AvgIpc) is 3.13. The van der Waals surface area contributed by atoms with Crippen molar-refractivity contribution in [2.75, 3.05) is 20.3 Å². The second-order valence-corrected chi connectivity index (χ2v) is 7.65. The molecular formula is C23H26FN3O3. The van der Waals surface area contributed by atoms with Crippen molar-refractivity contribution in [3.63, 3.8) is 0 Å². The Bertz CT molecular complexity index is 1060. The molecule has 30 heavy (non-hydrogen) atoms. The van der Waals surface area contributed by atoms with Crippen LogP contribution in [0.2, 0.25) is 0 Å². The van der Waals surface area contributed by atoms with Gasteiger partial charge in [-0.3, -0.25) is 4.79 Å². The summed E-state index contributed by atoms with van der Waals surface area (Å²) < 4.78 is 24.9. The minimum Gasteiger partial charge on any atom is -0.493 e. The summed E-state index contributed by atoms with van der Waals surface area (Å²) in [6, 6.07) is 8.64. The number of carbonyl (C=O) groups excluding carboxylic acids is 1. The second kappa shape index (κ2) is 8.75. The number of nitrogens with two attached hydrogens (primary N) is 1. The molecule has 2 aromatic carbocycles. The van der Waals surface area contributed by atoms with E-state index in [-0.39, 0.29) is 24.2 Å². The third-order valence-electron chi connectivity index (χ3n) is 5.57. The minimum absolute atomic E-state index is 0.136. The second-order valence-electron chi connectivity index (χ2n) is 7.65. The largest absolute Gasteiger partial charge is 0.493 e. The first-order chi connectivity index (χ1) is 14.5. The quantitative estimate of drug-likeness (QED) is 0.497. The van der Waals surface area contributed by atoms with E-state index < -0.39 is 0 Å². The summed E-state index contributed by atoms with van der Waals surface area (Å²) in [5.41, 5.74) is 9.33. The van der Waals surface area contributed by atoms with E-state index in [0.29, 0.717) is 18.1 Å². The van der Waals surface area contributed by atoms with Gasteiger partial charge in [-0.15, -0.1) is 0 Å². The molecule has 1 atom stereocenters. The van der Waals surface area contributed by atoms with Crippen LogP contribution in [0.5, 0.6) is 11.5 Å². The van der Waals surface area contributed by atoms with Gasteiger partial charge in [0, 0.05) is 28.7 Å². The van der Waals surface area contributed by atoms with Crippen molar-refractivity contribution in [3.05, 3.63) is 59.0 Å². The Labute approximate surface area is 174 Å². The number of hydrogen-bond donors (Lipinski definition) is 3. The predicted octanol–water partition coefficient (Wildman–Crippen LogP) is 2.87. The van der Waals surface area contributed by atoms with E-state index in [1.165, 1.54) is 6.07 Å². The van der Waals surface area contributed by atoms with Crippen molar-refractivity contribution in [2.24, 2.45) is 5.73 Å². The molecule has 0 aliphatic carbocycles. The molecule has 0 fully saturated rings. The van der Waals surface area contributed by atoms with Crippen LogP contribution in [0, 0.1) is 5.82 Å². The van der Waals surface area contributed by atoms with Gasteiger partial charge < -0.3 is 25.5 Å². The SMILES string of the molecule is COc1ccc(CC(N)=O)c2c1OC[C@H](NCCCc1c[nH]c3ccc(F)cc13)C2. The number of carbonyl (C=O) groups is 1. The van der Waals surface area contributed by atoms with Crippen LogP contribution in [0.15, 0.2) is 36.5 Å². The molecule has 6 nitrogen and oxygen atoms in total. The van der Waals surface area contributed by atoms with Gasteiger partial charge in [-0.2, -0.15) is 0 Å². The van der Waals surface area contributed by atoms with Crippen LogP contribution >= 0.6 is 0 Å². The highest BCUT2D eigenvalue weighted by atomic mass is 19.1. The Morgan fingerprint density at radius 1 is 1.33 bits per heavy atom. The van der Waals surface area contributed by atoms with E-state index in [0.717, 1.165) is 53.4 Å². The van der Waals surface area contributed by atoms with E-state index in [9.17, 15) is 9.18 Å². The summed E-state index contributed by atoms with van der Waals surface area (Å²) in [6.07, 6.45) is 4.64. The van der Waals surface area contributed by atoms with Gasteiger partial charge in [-0.05, 0) is 61.2 Å². The van der Waals surface area contributed by atoms with E-state index in [4.69, 9.17) is 15.2 Å². The van der Waals surface area contributed by atoms with Gasteiger partial charge in [-0.25, -0.2) is 4.39 Å². The molecule has 3 aromatic rings. The lowest BCUT2D eigenvalue weighted by Crippen LogP contribution is -2.40. The number of hydrogen-bond acceptors (Lipinski definition) is 4. The van der Waals surface area contributed by atoms with E-state index >= 15 is 0 Å². The predicted molar refractivity (Wildman–Crippen MR) is 113 cm³/mol. The zero-order chi connectivity index (χ0) is 21.1. The summed E-state index contributed by atoms with van der Waals surface area (Å²) >= 11 is 0. The first-order valence-electron chi connectivity index (χ1n) is 10.1. The number of benzene rings is 2. The first-order valence-corrected chi connectivity index (χ1v) is 10.1. The number of ether oxygens (including phenoxy) is 2. The maximum Gasteiger partial charge on any atom is 0.221 e. The standard InChI is InChI=1S/C23H26FN3O3/c1-29-21-7-4-14(9-22(25)28)19-11-17(13-30-23(19)21)26-8-2-3-15-12-27-20-6-5-16(24)10-18(15)20/h4-7,10,12,17,26-27H,2-3,8-9,11,13H2,1H3,(H2,25,28)/t17-/m1/s1. The molecule has 0 saturated heterocycles. The van der Waals surface area contributed by atoms with Gasteiger partial charge in [0.2, 0.25) is 5.91 Å². The molecule has 0 radical (unpaired) electrons.